The highest BCUT2D eigenvalue weighted by atomic mass is 19.1. The highest BCUT2D eigenvalue weighted by Gasteiger charge is 2.10. The molecule has 1 nitrogen and oxygen atoms in total. The summed E-state index contributed by atoms with van der Waals surface area (Å²) in [6, 6.07) is 13.6. The summed E-state index contributed by atoms with van der Waals surface area (Å²) in [5, 5.41) is 0. The van der Waals surface area contributed by atoms with E-state index in [4.69, 9.17) is 0 Å². The Kier molecular flexibility index (Phi) is 3.33. The molecule has 0 aliphatic rings. The normalized spacial score (nSPS) is 10.2. The number of carbonyl (C=O) groups excluding carboxylic acids is 1. The van der Waals surface area contributed by atoms with Crippen LogP contribution in [0.1, 0.15) is 23.7 Å². The summed E-state index contributed by atoms with van der Waals surface area (Å²) in [5.74, 6) is -0.169. The van der Waals surface area contributed by atoms with Crippen LogP contribution in [0.25, 0.3) is 11.1 Å². The van der Waals surface area contributed by atoms with Crippen LogP contribution < -0.4 is 0 Å². The van der Waals surface area contributed by atoms with E-state index >= 15 is 0 Å². The number of carbonyl (C=O) groups is 1. The van der Waals surface area contributed by atoms with Crippen LogP contribution in [0.4, 0.5) is 4.39 Å². The van der Waals surface area contributed by atoms with E-state index in [0.717, 1.165) is 11.1 Å². The number of halogens is 1. The fourth-order valence-electron chi connectivity index (χ4n) is 1.80. The molecule has 0 amide bonds. The Labute approximate surface area is 99.9 Å². The highest BCUT2D eigenvalue weighted by Crippen LogP contribution is 2.24. The van der Waals surface area contributed by atoms with Gasteiger partial charge in [-0.2, -0.15) is 0 Å². The predicted molar refractivity (Wildman–Crippen MR) is 66.5 cm³/mol. The fraction of sp³-hybridized carbons (Fsp3) is 0.133. The molecule has 0 aliphatic heterocycles. The zero-order valence-electron chi connectivity index (χ0n) is 9.61. The molecule has 0 bridgehead atoms. The van der Waals surface area contributed by atoms with Gasteiger partial charge in [0.15, 0.2) is 5.78 Å². The lowest BCUT2D eigenvalue weighted by Gasteiger charge is -2.07. The lowest BCUT2D eigenvalue weighted by Crippen LogP contribution is -1.99. The van der Waals surface area contributed by atoms with Crippen molar-refractivity contribution >= 4 is 5.78 Å². The van der Waals surface area contributed by atoms with Crippen LogP contribution >= 0.6 is 0 Å². The van der Waals surface area contributed by atoms with Gasteiger partial charge in [0.1, 0.15) is 5.82 Å². The van der Waals surface area contributed by atoms with Gasteiger partial charge in [-0.25, -0.2) is 4.39 Å². The van der Waals surface area contributed by atoms with E-state index in [-0.39, 0.29) is 11.6 Å². The molecule has 0 aliphatic carbocycles. The predicted octanol–water partition coefficient (Wildman–Crippen LogP) is 4.09. The summed E-state index contributed by atoms with van der Waals surface area (Å²) in [7, 11) is 0. The number of Topliss-reactive ketones (excluding diaryl/α,β-unsaturated/α-hetero) is 1. The van der Waals surface area contributed by atoms with Crippen LogP contribution in [-0.2, 0) is 0 Å². The molecule has 2 heteroatoms. The lowest BCUT2D eigenvalue weighted by atomic mass is 9.96. The van der Waals surface area contributed by atoms with Crippen LogP contribution in [-0.4, -0.2) is 5.78 Å². The SMILES string of the molecule is CCC(=O)c1ccccc1-c1ccc(F)cc1. The maximum atomic E-state index is 12.9. The molecule has 2 aromatic carbocycles. The first-order chi connectivity index (χ1) is 8.22. The van der Waals surface area contributed by atoms with Gasteiger partial charge in [0.2, 0.25) is 0 Å². The maximum absolute atomic E-state index is 12.9. The second-order valence-electron chi connectivity index (χ2n) is 3.83. The van der Waals surface area contributed by atoms with Crippen molar-refractivity contribution in [1.29, 1.82) is 0 Å². The van der Waals surface area contributed by atoms with Crippen LogP contribution in [0.15, 0.2) is 48.5 Å². The third-order valence-electron chi connectivity index (χ3n) is 2.70. The van der Waals surface area contributed by atoms with Crippen LogP contribution in [0.5, 0.6) is 0 Å². The molecular weight excluding hydrogens is 215 g/mol. The summed E-state index contributed by atoms with van der Waals surface area (Å²) >= 11 is 0. The first-order valence-electron chi connectivity index (χ1n) is 5.60. The number of rotatable bonds is 3. The zero-order valence-corrected chi connectivity index (χ0v) is 9.61. The van der Waals surface area contributed by atoms with Crippen molar-refractivity contribution in [3.63, 3.8) is 0 Å². The monoisotopic (exact) mass is 228 g/mol. The van der Waals surface area contributed by atoms with Gasteiger partial charge in [-0.1, -0.05) is 43.3 Å². The number of ketones is 1. The summed E-state index contributed by atoms with van der Waals surface area (Å²) in [6.07, 6.45) is 0.470. The minimum absolute atomic E-state index is 0.102. The van der Waals surface area contributed by atoms with Crippen molar-refractivity contribution in [2.24, 2.45) is 0 Å². The van der Waals surface area contributed by atoms with Crippen molar-refractivity contribution in [3.8, 4) is 11.1 Å². The van der Waals surface area contributed by atoms with Gasteiger partial charge in [0.05, 0.1) is 0 Å². The van der Waals surface area contributed by atoms with Crippen molar-refractivity contribution in [2.45, 2.75) is 13.3 Å². The Balaban J connectivity index is 2.51. The maximum Gasteiger partial charge on any atom is 0.163 e. The summed E-state index contributed by atoms with van der Waals surface area (Å²) in [6.45, 7) is 1.84. The Morgan fingerprint density at radius 1 is 1.06 bits per heavy atom. The molecule has 0 radical (unpaired) electrons. The van der Waals surface area contributed by atoms with Crippen LogP contribution in [0.3, 0.4) is 0 Å². The second kappa shape index (κ2) is 4.91. The molecule has 0 spiro atoms. The molecule has 0 N–H and O–H groups in total. The lowest BCUT2D eigenvalue weighted by molar-refractivity contribution is 0.0989. The molecule has 17 heavy (non-hydrogen) atoms. The van der Waals surface area contributed by atoms with Gasteiger partial charge in [-0.3, -0.25) is 4.79 Å². The Morgan fingerprint density at radius 2 is 1.71 bits per heavy atom. The summed E-state index contributed by atoms with van der Waals surface area (Å²) in [5.41, 5.74) is 2.42. The largest absolute Gasteiger partial charge is 0.294 e. The molecule has 0 saturated carbocycles. The Bertz CT molecular complexity index is 529. The minimum Gasteiger partial charge on any atom is -0.294 e. The van der Waals surface area contributed by atoms with E-state index in [1.165, 1.54) is 12.1 Å². The molecule has 0 aromatic heterocycles. The van der Waals surface area contributed by atoms with Crippen molar-refractivity contribution in [3.05, 3.63) is 59.9 Å². The molecule has 86 valence electrons. The average molecular weight is 228 g/mol. The Morgan fingerprint density at radius 3 is 2.35 bits per heavy atom. The van der Waals surface area contributed by atoms with Gasteiger partial charge in [-0.05, 0) is 23.3 Å². The van der Waals surface area contributed by atoms with E-state index < -0.39 is 0 Å². The average Bonchev–Trinajstić information content (AvgIpc) is 2.39. The molecule has 0 unspecified atom stereocenters. The topological polar surface area (TPSA) is 17.1 Å². The van der Waals surface area contributed by atoms with E-state index in [1.807, 2.05) is 31.2 Å². The smallest absolute Gasteiger partial charge is 0.163 e. The van der Waals surface area contributed by atoms with Gasteiger partial charge >= 0.3 is 0 Å². The minimum atomic E-state index is -0.270. The first kappa shape index (κ1) is 11.5. The van der Waals surface area contributed by atoms with E-state index in [9.17, 15) is 9.18 Å². The van der Waals surface area contributed by atoms with Gasteiger partial charge in [0, 0.05) is 12.0 Å². The molecule has 2 aromatic rings. The van der Waals surface area contributed by atoms with E-state index in [0.29, 0.717) is 12.0 Å². The van der Waals surface area contributed by atoms with E-state index in [1.54, 1.807) is 12.1 Å². The fourth-order valence-corrected chi connectivity index (χ4v) is 1.80. The highest BCUT2D eigenvalue weighted by molar-refractivity contribution is 6.02. The van der Waals surface area contributed by atoms with Gasteiger partial charge in [-0.15, -0.1) is 0 Å². The summed E-state index contributed by atoms with van der Waals surface area (Å²) < 4.78 is 12.9. The van der Waals surface area contributed by atoms with Crippen molar-refractivity contribution in [2.75, 3.05) is 0 Å². The molecular formula is C15H13FO. The van der Waals surface area contributed by atoms with Crippen molar-refractivity contribution in [1.82, 2.24) is 0 Å². The number of hydrogen-bond acceptors (Lipinski definition) is 1. The second-order valence-corrected chi connectivity index (χ2v) is 3.83. The quantitative estimate of drug-likeness (QED) is 0.723. The number of hydrogen-bond donors (Lipinski definition) is 0. The third-order valence-corrected chi connectivity index (χ3v) is 2.70. The summed E-state index contributed by atoms with van der Waals surface area (Å²) in [4.78, 5) is 11.8. The van der Waals surface area contributed by atoms with Crippen LogP contribution in [0.2, 0.25) is 0 Å². The molecule has 2 rings (SSSR count). The third kappa shape index (κ3) is 2.41. The number of benzene rings is 2. The Hall–Kier alpha value is -1.96. The first-order valence-corrected chi connectivity index (χ1v) is 5.60. The molecule has 0 atom stereocenters. The standard InChI is InChI=1S/C15H13FO/c1-2-15(17)14-6-4-3-5-13(14)11-7-9-12(16)10-8-11/h3-10H,2H2,1H3. The van der Waals surface area contributed by atoms with Gasteiger partial charge < -0.3 is 0 Å². The molecule has 0 fully saturated rings. The van der Waals surface area contributed by atoms with Crippen molar-refractivity contribution < 1.29 is 9.18 Å². The molecule has 0 saturated heterocycles. The van der Waals surface area contributed by atoms with E-state index in [2.05, 4.69) is 0 Å². The molecule has 0 heterocycles. The zero-order chi connectivity index (χ0) is 12.3. The van der Waals surface area contributed by atoms with Crippen LogP contribution in [0, 0.1) is 5.82 Å². The van der Waals surface area contributed by atoms with Gasteiger partial charge in [0.25, 0.3) is 0 Å².